The third-order valence-corrected chi connectivity index (χ3v) is 9.20. The van der Waals surface area contributed by atoms with Crippen molar-refractivity contribution in [1.29, 1.82) is 0 Å². The molecule has 3 heterocycles. The van der Waals surface area contributed by atoms with Crippen molar-refractivity contribution in [2.24, 2.45) is 22.7 Å². The van der Waals surface area contributed by atoms with Crippen LogP contribution in [0.3, 0.4) is 0 Å². The van der Waals surface area contributed by atoms with Crippen LogP contribution in [-0.2, 0) is 14.4 Å². The number of oxime groups is 1. The van der Waals surface area contributed by atoms with Crippen molar-refractivity contribution in [3.8, 4) is 0 Å². The number of para-hydroxylation sites is 2. The van der Waals surface area contributed by atoms with Crippen molar-refractivity contribution in [2.45, 2.75) is 108 Å². The number of fused-ring (bicyclic) bond motifs is 5. The number of rotatable bonds is 8. The largest absolute Gasteiger partial charge is 0.481 e. The van der Waals surface area contributed by atoms with E-state index in [0.29, 0.717) is 17.6 Å². The van der Waals surface area contributed by atoms with Gasteiger partial charge in [-0.15, -0.1) is 0 Å². The number of nitrogens with one attached hydrogen (secondary N) is 1. The van der Waals surface area contributed by atoms with Crippen molar-refractivity contribution < 1.29 is 19.5 Å². The molecule has 1 aromatic carbocycles. The molecule has 10 heteroatoms. The summed E-state index contributed by atoms with van der Waals surface area (Å²) in [5.74, 6) is 0.534. The number of carbonyl (C=O) groups excluding carboxylic acids is 1. The molecular weight excluding hydrogens is 522 g/mol. The van der Waals surface area contributed by atoms with Crippen LogP contribution >= 0.6 is 0 Å². The highest BCUT2D eigenvalue weighted by atomic mass is 16.6. The third-order valence-electron chi connectivity index (χ3n) is 9.20. The highest BCUT2D eigenvalue weighted by molar-refractivity contribution is 6.00. The van der Waals surface area contributed by atoms with Crippen LogP contribution in [0.2, 0.25) is 0 Å². The molecule has 2 aliphatic heterocycles. The van der Waals surface area contributed by atoms with Gasteiger partial charge in [0.15, 0.2) is 12.3 Å². The number of piperidine rings is 2. The standard InChI is InChI=1S/C22H27N5O5.C9H16/c23-19(28)12-32-26-17(8-9-20(29)30)21-22(31)27(18-7-2-1-6-16(18)25-21)15-10-13-4-3-5-14(11-15)24-13;1-3-8-5-2-6-9(4-1)7-8/h1-2,6-7,13-15,24H,3-5,8-12H2,(H2,23,28)(H,29,30);8-9H,1-7H2/b26-17+;. The van der Waals surface area contributed by atoms with Crippen LogP contribution in [0, 0.1) is 11.8 Å². The SMILES string of the molecule is C1CC2CCCC(C1)C2.NC(=O)CO/N=C(\CCC(=O)O)c1nc2ccccc2n(C2CC3CCCC(C2)N3)c1=O. The maximum Gasteiger partial charge on any atom is 0.303 e. The van der Waals surface area contributed by atoms with Gasteiger partial charge in [-0.25, -0.2) is 4.98 Å². The molecule has 4 bridgehead atoms. The van der Waals surface area contributed by atoms with E-state index in [2.05, 4.69) is 15.5 Å². The van der Waals surface area contributed by atoms with Crippen LogP contribution in [0.4, 0.5) is 0 Å². The number of aliphatic carboxylic acids is 1. The molecule has 10 nitrogen and oxygen atoms in total. The van der Waals surface area contributed by atoms with Crippen molar-refractivity contribution in [3.05, 3.63) is 40.3 Å². The Hall–Kier alpha value is -3.27. The lowest BCUT2D eigenvalue weighted by atomic mass is 9.72. The Bertz CT molecular complexity index is 1290. The first kappa shape index (κ1) is 29.2. The fourth-order valence-electron chi connectivity index (χ4n) is 7.38. The molecule has 1 aromatic heterocycles. The fraction of sp³-hybridized carbons (Fsp3) is 0.645. The van der Waals surface area contributed by atoms with Crippen LogP contribution in [0.25, 0.3) is 11.0 Å². The van der Waals surface area contributed by atoms with Crippen LogP contribution in [0.1, 0.15) is 102 Å². The van der Waals surface area contributed by atoms with Gasteiger partial charge in [-0.1, -0.05) is 62.2 Å². The molecule has 4 N–H and O–H groups in total. The monoisotopic (exact) mass is 565 g/mol. The van der Waals surface area contributed by atoms with Crippen molar-refractivity contribution in [2.75, 3.05) is 6.61 Å². The van der Waals surface area contributed by atoms with Crippen molar-refractivity contribution in [3.63, 3.8) is 0 Å². The van der Waals surface area contributed by atoms with Crippen LogP contribution in [0.15, 0.2) is 34.2 Å². The van der Waals surface area contributed by atoms with Crippen molar-refractivity contribution in [1.82, 2.24) is 14.9 Å². The maximum atomic E-state index is 13.7. The average Bonchev–Trinajstić information content (AvgIpc) is 2.95. The number of nitrogens with two attached hydrogens (primary N) is 1. The van der Waals surface area contributed by atoms with E-state index in [9.17, 15) is 14.4 Å². The van der Waals surface area contributed by atoms with Crippen LogP contribution in [0.5, 0.6) is 0 Å². The fourth-order valence-corrected chi connectivity index (χ4v) is 7.38. The Kier molecular flexibility index (Phi) is 9.69. The number of primary amides is 1. The molecule has 1 amide bonds. The number of nitrogens with zero attached hydrogens (tertiary/aromatic N) is 3. The second-order valence-corrected chi connectivity index (χ2v) is 12.2. The topological polar surface area (TPSA) is 149 Å². The number of benzene rings is 1. The Morgan fingerprint density at radius 2 is 1.61 bits per heavy atom. The summed E-state index contributed by atoms with van der Waals surface area (Å²) < 4.78 is 1.79. The molecule has 2 saturated carbocycles. The molecule has 4 aliphatic rings. The molecule has 2 saturated heterocycles. The molecule has 2 aliphatic carbocycles. The summed E-state index contributed by atoms with van der Waals surface area (Å²) in [7, 11) is 0. The zero-order valence-corrected chi connectivity index (χ0v) is 23.8. The Labute approximate surface area is 240 Å². The first-order valence-electron chi connectivity index (χ1n) is 15.3. The molecule has 222 valence electrons. The number of carboxylic acids is 1. The molecular formula is C31H43N5O5. The van der Waals surface area contributed by atoms with E-state index >= 15 is 0 Å². The summed E-state index contributed by atoms with van der Waals surface area (Å²) in [4.78, 5) is 45.4. The number of carboxylic acid groups (broad SMARTS) is 1. The summed E-state index contributed by atoms with van der Waals surface area (Å²) >= 11 is 0. The summed E-state index contributed by atoms with van der Waals surface area (Å²) in [6, 6.07) is 8.14. The van der Waals surface area contributed by atoms with Gasteiger partial charge in [-0.2, -0.15) is 0 Å². The van der Waals surface area contributed by atoms with E-state index in [4.69, 9.17) is 15.7 Å². The number of amides is 1. The molecule has 2 aromatic rings. The van der Waals surface area contributed by atoms with Crippen LogP contribution in [-0.4, -0.2) is 50.9 Å². The van der Waals surface area contributed by atoms with Gasteiger partial charge in [-0.3, -0.25) is 14.4 Å². The lowest BCUT2D eigenvalue weighted by molar-refractivity contribution is -0.136. The van der Waals surface area contributed by atoms with E-state index in [1.165, 1.54) is 19.3 Å². The van der Waals surface area contributed by atoms with Gasteiger partial charge in [0.05, 0.1) is 17.5 Å². The van der Waals surface area contributed by atoms with Crippen molar-refractivity contribution >= 4 is 28.6 Å². The Morgan fingerprint density at radius 3 is 2.22 bits per heavy atom. The van der Waals surface area contributed by atoms with Gasteiger partial charge < -0.3 is 25.6 Å². The molecule has 0 spiro atoms. The number of aromatic nitrogens is 2. The molecule has 4 fully saturated rings. The smallest absolute Gasteiger partial charge is 0.303 e. The maximum absolute atomic E-state index is 13.7. The summed E-state index contributed by atoms with van der Waals surface area (Å²) in [5, 5.41) is 16.7. The van der Waals surface area contributed by atoms with Gasteiger partial charge in [0.1, 0.15) is 5.71 Å². The van der Waals surface area contributed by atoms with E-state index in [1.807, 2.05) is 24.3 Å². The first-order valence-corrected chi connectivity index (χ1v) is 15.3. The van der Waals surface area contributed by atoms with Gasteiger partial charge in [0.25, 0.3) is 11.5 Å². The Morgan fingerprint density at radius 1 is 0.976 bits per heavy atom. The van der Waals surface area contributed by atoms with E-state index in [1.54, 1.807) is 36.7 Å². The quantitative estimate of drug-likeness (QED) is 0.319. The molecule has 6 rings (SSSR count). The molecule has 2 unspecified atom stereocenters. The van der Waals surface area contributed by atoms with Gasteiger partial charge in [0.2, 0.25) is 0 Å². The normalized spacial score (nSPS) is 27.4. The molecule has 2 atom stereocenters. The predicted molar refractivity (Wildman–Crippen MR) is 157 cm³/mol. The number of hydrogen-bond acceptors (Lipinski definition) is 7. The highest BCUT2D eigenvalue weighted by Crippen LogP contribution is 2.39. The minimum atomic E-state index is -1.04. The minimum absolute atomic E-state index is 0.00189. The number of carbonyl (C=O) groups is 2. The summed E-state index contributed by atoms with van der Waals surface area (Å²) in [6.07, 6.45) is 15.6. The van der Waals surface area contributed by atoms with Gasteiger partial charge in [-0.05, 0) is 56.1 Å². The lowest BCUT2D eigenvalue weighted by Crippen LogP contribution is -2.50. The average molecular weight is 566 g/mol. The highest BCUT2D eigenvalue weighted by Gasteiger charge is 2.34. The zero-order chi connectivity index (χ0) is 28.8. The summed E-state index contributed by atoms with van der Waals surface area (Å²) in [6.45, 7) is -0.476. The molecule has 0 radical (unpaired) electrons. The third kappa shape index (κ3) is 7.52. The second kappa shape index (κ2) is 13.6. The Balaban J connectivity index is 0.000000315. The lowest BCUT2D eigenvalue weighted by Gasteiger charge is -2.41. The van der Waals surface area contributed by atoms with E-state index in [-0.39, 0.29) is 35.8 Å². The predicted octanol–water partition coefficient (Wildman–Crippen LogP) is 4.29. The summed E-state index contributed by atoms with van der Waals surface area (Å²) in [5.41, 5.74) is 6.24. The molecule has 41 heavy (non-hydrogen) atoms. The van der Waals surface area contributed by atoms with E-state index < -0.39 is 18.5 Å². The minimum Gasteiger partial charge on any atom is -0.481 e. The van der Waals surface area contributed by atoms with E-state index in [0.717, 1.165) is 43.0 Å². The second-order valence-electron chi connectivity index (χ2n) is 12.2. The zero-order valence-electron chi connectivity index (χ0n) is 23.8. The number of hydrogen-bond donors (Lipinski definition) is 3. The van der Waals surface area contributed by atoms with Gasteiger partial charge >= 0.3 is 5.97 Å². The van der Waals surface area contributed by atoms with Crippen LogP contribution < -0.4 is 16.6 Å². The first-order chi connectivity index (χ1) is 19.9. The van der Waals surface area contributed by atoms with Gasteiger partial charge in [0, 0.05) is 24.5 Å².